The van der Waals surface area contributed by atoms with Crippen LogP contribution in [0.15, 0.2) is 36.4 Å². The van der Waals surface area contributed by atoms with Crippen LogP contribution in [-0.4, -0.2) is 35.2 Å². The van der Waals surface area contributed by atoms with Gasteiger partial charge in [-0.3, -0.25) is 4.79 Å². The van der Waals surface area contributed by atoms with Crippen molar-refractivity contribution in [3.05, 3.63) is 52.7 Å². The molecule has 0 spiro atoms. The van der Waals surface area contributed by atoms with Crippen molar-refractivity contribution < 1.29 is 4.79 Å². The van der Waals surface area contributed by atoms with E-state index in [1.807, 2.05) is 6.07 Å². The number of nitrogens with one attached hydrogen (secondary N) is 1. The molecule has 1 amide bonds. The normalized spacial score (nSPS) is 20.0. The first kappa shape index (κ1) is 17.3. The standard InChI is InChI=1S/C20H23ClN4O/c21-18-7-8-19(24-23-18)25-11-9-16(10-12-25)22-20(26)13-15-6-5-14-3-1-2-4-17(14)15/h1-4,7-8,15-16H,5-6,9-13H2,(H,22,26). The van der Waals surface area contributed by atoms with Crippen LogP contribution in [0.3, 0.4) is 0 Å². The number of hydrogen-bond acceptors (Lipinski definition) is 4. The van der Waals surface area contributed by atoms with E-state index >= 15 is 0 Å². The van der Waals surface area contributed by atoms with E-state index in [-0.39, 0.29) is 11.9 Å². The molecule has 2 aromatic rings. The van der Waals surface area contributed by atoms with Crippen LogP contribution in [0, 0.1) is 0 Å². The predicted molar refractivity (Wildman–Crippen MR) is 103 cm³/mol. The zero-order chi connectivity index (χ0) is 17.9. The summed E-state index contributed by atoms with van der Waals surface area (Å²) < 4.78 is 0. The molecule has 1 fully saturated rings. The molecule has 1 atom stereocenters. The van der Waals surface area contributed by atoms with E-state index in [4.69, 9.17) is 11.6 Å². The molecular formula is C20H23ClN4O. The number of piperidine rings is 1. The molecule has 0 radical (unpaired) electrons. The number of hydrogen-bond donors (Lipinski definition) is 1. The molecule has 1 saturated heterocycles. The lowest BCUT2D eigenvalue weighted by molar-refractivity contribution is -0.122. The fourth-order valence-electron chi connectivity index (χ4n) is 4.10. The van der Waals surface area contributed by atoms with Crippen LogP contribution >= 0.6 is 11.6 Å². The maximum absolute atomic E-state index is 12.5. The minimum atomic E-state index is 0.177. The number of fused-ring (bicyclic) bond motifs is 1. The third-order valence-corrected chi connectivity index (χ3v) is 5.69. The molecule has 0 saturated carbocycles. The number of benzene rings is 1. The second kappa shape index (κ2) is 7.62. The van der Waals surface area contributed by atoms with Crippen LogP contribution in [0.2, 0.25) is 5.15 Å². The Kier molecular flexibility index (Phi) is 5.07. The van der Waals surface area contributed by atoms with Gasteiger partial charge in [-0.25, -0.2) is 0 Å². The molecule has 6 heteroatoms. The number of carbonyl (C=O) groups excluding carboxylic acids is 1. The van der Waals surface area contributed by atoms with Crippen molar-refractivity contribution in [3.8, 4) is 0 Å². The minimum Gasteiger partial charge on any atom is -0.355 e. The summed E-state index contributed by atoms with van der Waals surface area (Å²) in [5.74, 6) is 1.40. The average molecular weight is 371 g/mol. The Morgan fingerprint density at radius 3 is 2.69 bits per heavy atom. The fourth-order valence-corrected chi connectivity index (χ4v) is 4.20. The second-order valence-electron chi connectivity index (χ2n) is 7.18. The van der Waals surface area contributed by atoms with E-state index in [1.165, 1.54) is 11.1 Å². The number of carbonyl (C=O) groups is 1. The van der Waals surface area contributed by atoms with Crippen molar-refractivity contribution in [2.24, 2.45) is 0 Å². The summed E-state index contributed by atoms with van der Waals surface area (Å²) >= 11 is 5.79. The highest BCUT2D eigenvalue weighted by molar-refractivity contribution is 6.29. The molecular weight excluding hydrogens is 348 g/mol. The SMILES string of the molecule is O=C(CC1CCc2ccccc21)NC1CCN(c2ccc(Cl)nn2)CC1. The first-order valence-corrected chi connectivity index (χ1v) is 9.68. The lowest BCUT2D eigenvalue weighted by Crippen LogP contribution is -2.45. The molecule has 136 valence electrons. The van der Waals surface area contributed by atoms with Gasteiger partial charge in [-0.05, 0) is 54.9 Å². The monoisotopic (exact) mass is 370 g/mol. The zero-order valence-electron chi connectivity index (χ0n) is 14.7. The molecule has 2 aliphatic rings. The van der Waals surface area contributed by atoms with E-state index in [0.717, 1.165) is 44.6 Å². The number of anilines is 1. The second-order valence-corrected chi connectivity index (χ2v) is 7.57. The predicted octanol–water partition coefficient (Wildman–Crippen LogP) is 3.34. The van der Waals surface area contributed by atoms with E-state index in [0.29, 0.717) is 17.5 Å². The van der Waals surface area contributed by atoms with Crippen LogP contribution < -0.4 is 10.2 Å². The Labute approximate surface area is 158 Å². The van der Waals surface area contributed by atoms with Crippen LogP contribution in [0.25, 0.3) is 0 Å². The largest absolute Gasteiger partial charge is 0.355 e. The molecule has 1 aliphatic carbocycles. The van der Waals surface area contributed by atoms with Crippen molar-refractivity contribution in [1.82, 2.24) is 15.5 Å². The van der Waals surface area contributed by atoms with Crippen molar-refractivity contribution >= 4 is 23.3 Å². The van der Waals surface area contributed by atoms with E-state index in [9.17, 15) is 4.79 Å². The highest BCUT2D eigenvalue weighted by Crippen LogP contribution is 2.35. The molecule has 5 nitrogen and oxygen atoms in total. The van der Waals surface area contributed by atoms with Gasteiger partial charge in [0.05, 0.1) is 0 Å². The van der Waals surface area contributed by atoms with Gasteiger partial charge in [0, 0.05) is 25.6 Å². The lowest BCUT2D eigenvalue weighted by atomic mass is 9.97. The number of rotatable bonds is 4. The number of halogens is 1. The van der Waals surface area contributed by atoms with Gasteiger partial charge in [-0.2, -0.15) is 0 Å². The Morgan fingerprint density at radius 1 is 1.12 bits per heavy atom. The van der Waals surface area contributed by atoms with Gasteiger partial charge >= 0.3 is 0 Å². The molecule has 1 unspecified atom stereocenters. The molecule has 1 aromatic heterocycles. The molecule has 1 N–H and O–H groups in total. The zero-order valence-corrected chi connectivity index (χ0v) is 15.5. The molecule has 26 heavy (non-hydrogen) atoms. The third-order valence-electron chi connectivity index (χ3n) is 5.49. The van der Waals surface area contributed by atoms with Gasteiger partial charge in [-0.1, -0.05) is 35.9 Å². The average Bonchev–Trinajstić information content (AvgIpc) is 3.06. The summed E-state index contributed by atoms with van der Waals surface area (Å²) in [5.41, 5.74) is 2.77. The Morgan fingerprint density at radius 2 is 1.92 bits per heavy atom. The number of nitrogens with zero attached hydrogens (tertiary/aromatic N) is 3. The summed E-state index contributed by atoms with van der Waals surface area (Å²) in [6, 6.07) is 12.4. The maximum Gasteiger partial charge on any atom is 0.220 e. The molecule has 1 aliphatic heterocycles. The Balaban J connectivity index is 1.27. The van der Waals surface area contributed by atoms with Gasteiger partial charge in [0.2, 0.25) is 5.91 Å². The number of aryl methyl sites for hydroxylation is 1. The Bertz CT molecular complexity index is 772. The fraction of sp³-hybridized carbons (Fsp3) is 0.450. The van der Waals surface area contributed by atoms with Crippen molar-refractivity contribution in [2.45, 2.75) is 44.1 Å². The quantitative estimate of drug-likeness (QED) is 0.896. The van der Waals surface area contributed by atoms with Gasteiger partial charge < -0.3 is 10.2 Å². The highest BCUT2D eigenvalue weighted by atomic mass is 35.5. The highest BCUT2D eigenvalue weighted by Gasteiger charge is 2.26. The van der Waals surface area contributed by atoms with E-state index < -0.39 is 0 Å². The molecule has 4 rings (SSSR count). The van der Waals surface area contributed by atoms with Crippen molar-refractivity contribution in [1.29, 1.82) is 0 Å². The topological polar surface area (TPSA) is 58.1 Å². The van der Waals surface area contributed by atoms with Gasteiger partial charge in [0.25, 0.3) is 0 Å². The maximum atomic E-state index is 12.5. The number of aromatic nitrogens is 2. The van der Waals surface area contributed by atoms with E-state index in [2.05, 4.69) is 44.7 Å². The van der Waals surface area contributed by atoms with Crippen LogP contribution in [0.1, 0.15) is 42.7 Å². The summed E-state index contributed by atoms with van der Waals surface area (Å²) in [6.07, 6.45) is 4.63. The van der Waals surface area contributed by atoms with E-state index in [1.54, 1.807) is 6.07 Å². The third kappa shape index (κ3) is 3.83. The minimum absolute atomic E-state index is 0.177. The number of amides is 1. The summed E-state index contributed by atoms with van der Waals surface area (Å²) in [6.45, 7) is 1.74. The summed E-state index contributed by atoms with van der Waals surface area (Å²) in [5, 5.41) is 11.7. The first-order valence-electron chi connectivity index (χ1n) is 9.30. The van der Waals surface area contributed by atoms with Crippen LogP contribution in [0.5, 0.6) is 0 Å². The first-order chi connectivity index (χ1) is 12.7. The Hall–Kier alpha value is -2.14. The lowest BCUT2D eigenvalue weighted by Gasteiger charge is -2.33. The molecule has 2 heterocycles. The van der Waals surface area contributed by atoms with Crippen molar-refractivity contribution in [2.75, 3.05) is 18.0 Å². The van der Waals surface area contributed by atoms with Crippen molar-refractivity contribution in [3.63, 3.8) is 0 Å². The van der Waals surface area contributed by atoms with Gasteiger partial charge in [0.1, 0.15) is 0 Å². The summed E-state index contributed by atoms with van der Waals surface area (Å²) in [4.78, 5) is 14.7. The van der Waals surface area contributed by atoms with Crippen LogP contribution in [0.4, 0.5) is 5.82 Å². The van der Waals surface area contributed by atoms with Gasteiger partial charge in [-0.15, -0.1) is 10.2 Å². The molecule has 0 bridgehead atoms. The van der Waals surface area contributed by atoms with Crippen LogP contribution in [-0.2, 0) is 11.2 Å². The summed E-state index contributed by atoms with van der Waals surface area (Å²) in [7, 11) is 0. The molecule has 1 aromatic carbocycles. The smallest absolute Gasteiger partial charge is 0.220 e. The van der Waals surface area contributed by atoms with Gasteiger partial charge in [0.15, 0.2) is 11.0 Å².